The van der Waals surface area contributed by atoms with Gasteiger partial charge in [-0.1, -0.05) is 0 Å². The predicted molar refractivity (Wildman–Crippen MR) is 110 cm³/mol. The van der Waals surface area contributed by atoms with Gasteiger partial charge in [0, 0.05) is 32.2 Å². The number of nitrogens with one attached hydrogen (secondary N) is 1. The lowest BCUT2D eigenvalue weighted by molar-refractivity contribution is -0.133. The number of anilines is 1. The van der Waals surface area contributed by atoms with Crippen molar-refractivity contribution in [2.45, 2.75) is 32.0 Å². The second-order valence-corrected chi connectivity index (χ2v) is 8.16. The maximum absolute atomic E-state index is 15.3. The van der Waals surface area contributed by atoms with Crippen molar-refractivity contribution in [3.8, 4) is 0 Å². The first-order valence-electron chi connectivity index (χ1n) is 10.8. The van der Waals surface area contributed by atoms with E-state index in [0.717, 1.165) is 31.7 Å². The fourth-order valence-electron chi connectivity index (χ4n) is 4.34. The van der Waals surface area contributed by atoms with E-state index >= 15 is 4.39 Å². The van der Waals surface area contributed by atoms with Gasteiger partial charge in [0.05, 0.1) is 62.4 Å². The second-order valence-electron chi connectivity index (χ2n) is 8.16. The smallest absolute Gasteiger partial charge is 0.225 e. The van der Waals surface area contributed by atoms with Crippen molar-refractivity contribution in [1.82, 2.24) is 19.8 Å². The van der Waals surface area contributed by atoms with Crippen molar-refractivity contribution in [1.29, 1.82) is 0 Å². The number of hydrogen-bond acceptors (Lipinski definition) is 6. The molecule has 0 aliphatic carbocycles. The molecule has 1 amide bonds. The van der Waals surface area contributed by atoms with Crippen LogP contribution in [0.2, 0.25) is 0 Å². The van der Waals surface area contributed by atoms with Gasteiger partial charge in [0.1, 0.15) is 5.65 Å². The van der Waals surface area contributed by atoms with E-state index in [4.69, 9.17) is 9.47 Å². The van der Waals surface area contributed by atoms with Crippen LogP contribution in [0, 0.1) is 5.82 Å². The zero-order valence-corrected chi connectivity index (χ0v) is 17.1. The third kappa shape index (κ3) is 3.77. The van der Waals surface area contributed by atoms with Crippen LogP contribution in [0.3, 0.4) is 0 Å². The first-order chi connectivity index (χ1) is 14.7. The number of rotatable bonds is 6. The van der Waals surface area contributed by atoms with Gasteiger partial charge in [-0.05, 0) is 19.0 Å². The monoisotopic (exact) mass is 417 g/mol. The van der Waals surface area contributed by atoms with Crippen LogP contribution in [0.4, 0.5) is 10.1 Å². The molecule has 1 unspecified atom stereocenters. The third-order valence-corrected chi connectivity index (χ3v) is 6.29. The molecular weight excluding hydrogens is 389 g/mol. The summed E-state index contributed by atoms with van der Waals surface area (Å²) < 4.78 is 28.2. The lowest BCUT2D eigenvalue weighted by Crippen LogP contribution is -2.46. The van der Waals surface area contributed by atoms with Gasteiger partial charge in [-0.15, -0.1) is 0 Å². The molecule has 2 fully saturated rings. The van der Waals surface area contributed by atoms with Gasteiger partial charge in [0.2, 0.25) is 5.91 Å². The molecule has 0 aromatic carbocycles. The molecule has 1 N–H and O–H groups in total. The van der Waals surface area contributed by atoms with Gasteiger partial charge in [0.15, 0.2) is 5.82 Å². The van der Waals surface area contributed by atoms with Gasteiger partial charge in [-0.3, -0.25) is 4.79 Å². The molecule has 30 heavy (non-hydrogen) atoms. The van der Waals surface area contributed by atoms with Crippen LogP contribution in [0.25, 0.3) is 11.0 Å². The van der Waals surface area contributed by atoms with E-state index < -0.39 is 0 Å². The first kappa shape index (κ1) is 19.7. The molecule has 2 saturated heterocycles. The second kappa shape index (κ2) is 8.49. The number of ether oxygens (including phenoxy) is 2. The number of pyridine rings is 1. The molecule has 3 aliphatic heterocycles. The maximum atomic E-state index is 15.3. The Labute approximate surface area is 174 Å². The van der Waals surface area contributed by atoms with Crippen LogP contribution in [-0.2, 0) is 27.4 Å². The number of amides is 1. The maximum Gasteiger partial charge on any atom is 0.225 e. The largest absolute Gasteiger partial charge is 0.379 e. The summed E-state index contributed by atoms with van der Waals surface area (Å²) >= 11 is 0. The lowest BCUT2D eigenvalue weighted by atomic mass is 10.1. The van der Waals surface area contributed by atoms with Crippen molar-refractivity contribution in [3.05, 3.63) is 23.8 Å². The SMILES string of the molecule is O=C(CCOCC1CCN1)N1CCn2c(c(F)c3cc(N4CCOCC4)cnc32)C1. The van der Waals surface area contributed by atoms with Crippen molar-refractivity contribution < 1.29 is 18.7 Å². The Kier molecular flexibility index (Phi) is 5.58. The van der Waals surface area contributed by atoms with Gasteiger partial charge in [-0.2, -0.15) is 0 Å². The Hall–Kier alpha value is -2.23. The van der Waals surface area contributed by atoms with E-state index in [0.29, 0.717) is 68.7 Å². The average molecular weight is 417 g/mol. The van der Waals surface area contributed by atoms with Gasteiger partial charge in [-0.25, -0.2) is 9.37 Å². The number of carbonyl (C=O) groups excluding carboxylic acids is 1. The number of morpholine rings is 1. The zero-order chi connectivity index (χ0) is 20.5. The molecule has 5 heterocycles. The van der Waals surface area contributed by atoms with Gasteiger partial charge >= 0.3 is 0 Å². The van der Waals surface area contributed by atoms with Crippen molar-refractivity contribution >= 4 is 22.6 Å². The highest BCUT2D eigenvalue weighted by molar-refractivity contribution is 5.83. The van der Waals surface area contributed by atoms with Gasteiger partial charge < -0.3 is 29.2 Å². The summed E-state index contributed by atoms with van der Waals surface area (Å²) in [5, 5.41) is 3.80. The lowest BCUT2D eigenvalue weighted by Gasteiger charge is -2.29. The summed E-state index contributed by atoms with van der Waals surface area (Å²) in [6.07, 6.45) is 3.27. The normalized spacial score (nSPS) is 21.6. The molecule has 5 rings (SSSR count). The highest BCUT2D eigenvalue weighted by atomic mass is 19.1. The highest BCUT2D eigenvalue weighted by Crippen LogP contribution is 2.30. The topological polar surface area (TPSA) is 71.9 Å². The molecule has 9 heteroatoms. The van der Waals surface area contributed by atoms with Crippen LogP contribution in [-0.4, -0.2) is 79.0 Å². The number of halogens is 1. The molecule has 1 atom stereocenters. The van der Waals surface area contributed by atoms with E-state index in [2.05, 4.69) is 15.2 Å². The molecule has 0 bridgehead atoms. The Morgan fingerprint density at radius 2 is 2.13 bits per heavy atom. The Bertz CT molecular complexity index is 923. The molecule has 2 aromatic heterocycles. The molecule has 0 spiro atoms. The van der Waals surface area contributed by atoms with Crippen molar-refractivity contribution in [2.75, 3.05) is 57.5 Å². The fraction of sp³-hybridized carbons (Fsp3) is 0.619. The number of fused-ring (bicyclic) bond motifs is 3. The number of aromatic nitrogens is 2. The standard InChI is InChI=1S/C21H28FN5O3/c22-20-17-11-16(25-6-9-29-10-7-25)12-24-21(17)27-5-4-26(13-18(20)27)19(28)2-8-30-14-15-1-3-23-15/h11-12,15,23H,1-10,13-14H2. The molecule has 0 radical (unpaired) electrons. The van der Waals surface area contributed by atoms with Crippen LogP contribution in [0.5, 0.6) is 0 Å². The summed E-state index contributed by atoms with van der Waals surface area (Å²) in [4.78, 5) is 21.0. The Morgan fingerprint density at radius 3 is 2.90 bits per heavy atom. The highest BCUT2D eigenvalue weighted by Gasteiger charge is 2.28. The summed E-state index contributed by atoms with van der Waals surface area (Å²) in [6.45, 7) is 6.39. The number of carbonyl (C=O) groups is 1. The Morgan fingerprint density at radius 1 is 1.30 bits per heavy atom. The first-order valence-corrected chi connectivity index (χ1v) is 10.8. The Balaban J connectivity index is 1.26. The molecule has 3 aliphatic rings. The van der Waals surface area contributed by atoms with E-state index in [9.17, 15) is 4.79 Å². The molecular formula is C21H28FN5O3. The molecule has 0 saturated carbocycles. The minimum Gasteiger partial charge on any atom is -0.379 e. The fourth-order valence-corrected chi connectivity index (χ4v) is 4.34. The van der Waals surface area contributed by atoms with Crippen LogP contribution in [0.15, 0.2) is 12.3 Å². The van der Waals surface area contributed by atoms with E-state index in [1.54, 1.807) is 4.90 Å². The van der Waals surface area contributed by atoms with E-state index in [1.807, 2.05) is 16.8 Å². The third-order valence-electron chi connectivity index (χ3n) is 6.29. The number of hydrogen-bond donors (Lipinski definition) is 1. The van der Waals surface area contributed by atoms with Crippen LogP contribution < -0.4 is 10.2 Å². The quantitative estimate of drug-likeness (QED) is 0.711. The van der Waals surface area contributed by atoms with Gasteiger partial charge in [0.25, 0.3) is 0 Å². The van der Waals surface area contributed by atoms with Crippen LogP contribution in [0.1, 0.15) is 18.5 Å². The van der Waals surface area contributed by atoms with E-state index in [1.165, 1.54) is 0 Å². The van der Waals surface area contributed by atoms with Crippen molar-refractivity contribution in [3.63, 3.8) is 0 Å². The minimum atomic E-state index is -0.266. The summed E-state index contributed by atoms with van der Waals surface area (Å²) in [5.74, 6) is -0.258. The molecule has 162 valence electrons. The van der Waals surface area contributed by atoms with Crippen LogP contribution >= 0.6 is 0 Å². The zero-order valence-electron chi connectivity index (χ0n) is 17.1. The summed E-state index contributed by atoms with van der Waals surface area (Å²) in [6, 6.07) is 2.30. The van der Waals surface area contributed by atoms with Crippen molar-refractivity contribution in [2.24, 2.45) is 0 Å². The minimum absolute atomic E-state index is 0.00874. The summed E-state index contributed by atoms with van der Waals surface area (Å²) in [5.41, 5.74) is 2.11. The molecule has 2 aromatic rings. The van der Waals surface area contributed by atoms with E-state index in [-0.39, 0.29) is 18.3 Å². The number of nitrogens with zero attached hydrogens (tertiary/aromatic N) is 4. The predicted octanol–water partition coefficient (Wildman–Crippen LogP) is 1.12. The molecule has 8 nitrogen and oxygen atoms in total. The summed E-state index contributed by atoms with van der Waals surface area (Å²) in [7, 11) is 0. The average Bonchev–Trinajstić information content (AvgIpc) is 3.04.